The third-order valence-electron chi connectivity index (χ3n) is 4.04. The minimum absolute atomic E-state index is 0.0329. The van der Waals surface area contributed by atoms with E-state index in [0.29, 0.717) is 37.9 Å². The van der Waals surface area contributed by atoms with Gasteiger partial charge in [-0.15, -0.1) is 0 Å². The van der Waals surface area contributed by atoms with Gasteiger partial charge in [0.25, 0.3) is 0 Å². The molecule has 1 aromatic rings. The molecule has 0 bridgehead atoms. The average Bonchev–Trinajstić information content (AvgIpc) is 2.53. The summed E-state index contributed by atoms with van der Waals surface area (Å²) in [4.78, 5) is 26.2. The molecule has 1 fully saturated rings. The summed E-state index contributed by atoms with van der Waals surface area (Å²) in [7, 11) is 0. The monoisotopic (exact) mass is 328 g/mol. The molecule has 1 amide bonds. The zero-order valence-electron chi connectivity index (χ0n) is 14.5. The van der Waals surface area contributed by atoms with Crippen molar-refractivity contribution in [3.05, 3.63) is 35.4 Å². The largest absolute Gasteiger partial charge is 0.444 e. The summed E-state index contributed by atoms with van der Waals surface area (Å²) in [5.41, 5.74) is 0.934. The summed E-state index contributed by atoms with van der Waals surface area (Å²) < 4.78 is 5.37. The van der Waals surface area contributed by atoms with Crippen molar-refractivity contribution < 1.29 is 14.3 Å². The topological polar surface area (TPSA) is 70.4 Å². The second-order valence-corrected chi connectivity index (χ2v) is 7.20. The first kappa shape index (κ1) is 18.0. The van der Waals surface area contributed by atoms with Gasteiger partial charge in [-0.1, -0.05) is 12.1 Å². The van der Waals surface area contributed by atoms with Gasteiger partial charge in [0.1, 0.15) is 11.4 Å². The predicted molar refractivity (Wildman–Crippen MR) is 90.4 cm³/mol. The number of benzene rings is 1. The van der Waals surface area contributed by atoms with E-state index in [1.807, 2.05) is 26.8 Å². The molecule has 1 aromatic carbocycles. The van der Waals surface area contributed by atoms with Crippen molar-refractivity contribution in [2.24, 2.45) is 5.92 Å². The number of rotatable bonds is 3. The van der Waals surface area contributed by atoms with Crippen LogP contribution in [0, 0.1) is 17.2 Å². The Morgan fingerprint density at radius 2 is 1.96 bits per heavy atom. The van der Waals surface area contributed by atoms with Crippen molar-refractivity contribution in [3.63, 3.8) is 0 Å². The summed E-state index contributed by atoms with van der Waals surface area (Å²) in [5.74, 6) is 0.142. The van der Waals surface area contributed by atoms with Gasteiger partial charge >= 0.3 is 6.09 Å². The minimum atomic E-state index is -0.504. The maximum absolute atomic E-state index is 12.5. The molecule has 1 aliphatic heterocycles. The lowest BCUT2D eigenvalue weighted by molar-refractivity contribution is -0.123. The van der Waals surface area contributed by atoms with E-state index in [-0.39, 0.29) is 17.8 Å². The van der Waals surface area contributed by atoms with Crippen LogP contribution in [0.15, 0.2) is 24.3 Å². The van der Waals surface area contributed by atoms with Gasteiger partial charge in [-0.2, -0.15) is 5.26 Å². The van der Waals surface area contributed by atoms with Gasteiger partial charge in [0.15, 0.2) is 0 Å². The Hall–Kier alpha value is -2.35. The molecule has 5 heteroatoms. The highest BCUT2D eigenvalue weighted by Gasteiger charge is 2.29. The van der Waals surface area contributed by atoms with Crippen molar-refractivity contribution in [1.82, 2.24) is 4.90 Å². The van der Waals surface area contributed by atoms with Crippen LogP contribution in [0.4, 0.5) is 4.79 Å². The Morgan fingerprint density at radius 3 is 2.54 bits per heavy atom. The minimum Gasteiger partial charge on any atom is -0.444 e. The molecule has 0 radical (unpaired) electrons. The number of piperidine rings is 1. The highest BCUT2D eigenvalue weighted by Crippen LogP contribution is 2.22. The van der Waals surface area contributed by atoms with Crippen molar-refractivity contribution in [1.29, 1.82) is 5.26 Å². The van der Waals surface area contributed by atoms with Crippen molar-refractivity contribution in [2.45, 2.75) is 45.6 Å². The van der Waals surface area contributed by atoms with E-state index in [4.69, 9.17) is 10.00 Å². The second kappa shape index (κ2) is 7.48. The van der Waals surface area contributed by atoms with Gasteiger partial charge in [-0.3, -0.25) is 4.79 Å². The standard InChI is InChI=1S/C19H24N2O3/c1-19(2,3)24-18(23)21-9-7-16(8-10-21)17(22)12-14-5-4-6-15(11-14)13-20/h4-6,11,16H,7-10,12H2,1-3H3. The number of nitriles is 1. The number of carbonyl (C=O) groups is 2. The van der Waals surface area contributed by atoms with E-state index < -0.39 is 5.60 Å². The normalized spacial score (nSPS) is 15.7. The molecule has 0 unspecified atom stereocenters. The molecule has 5 nitrogen and oxygen atoms in total. The average molecular weight is 328 g/mol. The van der Waals surface area contributed by atoms with Gasteiger partial charge in [-0.05, 0) is 51.3 Å². The quantitative estimate of drug-likeness (QED) is 0.853. The van der Waals surface area contributed by atoms with Crippen LogP contribution in [0.5, 0.6) is 0 Å². The molecule has 0 N–H and O–H groups in total. The molecule has 0 saturated carbocycles. The van der Waals surface area contributed by atoms with Gasteiger partial charge < -0.3 is 9.64 Å². The summed E-state index contributed by atoms with van der Waals surface area (Å²) in [6.45, 7) is 6.62. The second-order valence-electron chi connectivity index (χ2n) is 7.20. The van der Waals surface area contributed by atoms with Gasteiger partial charge in [0.2, 0.25) is 0 Å². The van der Waals surface area contributed by atoms with Crippen LogP contribution in [0.3, 0.4) is 0 Å². The van der Waals surface area contributed by atoms with E-state index in [9.17, 15) is 9.59 Å². The van der Waals surface area contributed by atoms with E-state index in [2.05, 4.69) is 6.07 Å². The van der Waals surface area contributed by atoms with Gasteiger partial charge in [0, 0.05) is 25.4 Å². The maximum atomic E-state index is 12.5. The van der Waals surface area contributed by atoms with E-state index in [1.165, 1.54) is 0 Å². The number of likely N-dealkylation sites (tertiary alicyclic amines) is 1. The Kier molecular flexibility index (Phi) is 5.61. The fourth-order valence-corrected chi connectivity index (χ4v) is 2.81. The zero-order valence-corrected chi connectivity index (χ0v) is 14.5. The molecule has 1 aliphatic rings. The fraction of sp³-hybridized carbons (Fsp3) is 0.526. The fourth-order valence-electron chi connectivity index (χ4n) is 2.81. The lowest BCUT2D eigenvalue weighted by Gasteiger charge is -2.33. The first-order valence-corrected chi connectivity index (χ1v) is 8.28. The number of nitrogens with zero attached hydrogens (tertiary/aromatic N) is 2. The molecule has 24 heavy (non-hydrogen) atoms. The van der Waals surface area contributed by atoms with Crippen LogP contribution >= 0.6 is 0 Å². The van der Waals surface area contributed by atoms with E-state index >= 15 is 0 Å². The van der Waals surface area contributed by atoms with E-state index in [0.717, 1.165) is 5.56 Å². The summed E-state index contributed by atoms with van der Waals surface area (Å²) in [6, 6.07) is 9.24. The highest BCUT2D eigenvalue weighted by atomic mass is 16.6. The Bertz CT molecular complexity index is 647. The van der Waals surface area contributed by atoms with Crippen LogP contribution < -0.4 is 0 Å². The van der Waals surface area contributed by atoms with Crippen LogP contribution in [-0.2, 0) is 16.0 Å². The van der Waals surface area contributed by atoms with Crippen LogP contribution in [0.1, 0.15) is 44.7 Å². The first-order valence-electron chi connectivity index (χ1n) is 8.28. The molecular weight excluding hydrogens is 304 g/mol. The zero-order chi connectivity index (χ0) is 17.7. The molecule has 0 aliphatic carbocycles. The number of ketones is 1. The number of hydrogen-bond donors (Lipinski definition) is 0. The molecule has 1 heterocycles. The lowest BCUT2D eigenvalue weighted by Crippen LogP contribution is -2.43. The van der Waals surface area contributed by atoms with Crippen LogP contribution in [-0.4, -0.2) is 35.5 Å². The maximum Gasteiger partial charge on any atom is 0.410 e. The molecule has 0 aromatic heterocycles. The third kappa shape index (κ3) is 5.09. The van der Waals surface area contributed by atoms with Crippen molar-refractivity contribution in [3.8, 4) is 6.07 Å². The number of hydrogen-bond acceptors (Lipinski definition) is 4. The molecule has 128 valence electrons. The molecular formula is C19H24N2O3. The Morgan fingerprint density at radius 1 is 1.29 bits per heavy atom. The lowest BCUT2D eigenvalue weighted by atomic mass is 9.89. The Balaban J connectivity index is 1.86. The smallest absolute Gasteiger partial charge is 0.410 e. The van der Waals surface area contributed by atoms with Crippen molar-refractivity contribution >= 4 is 11.9 Å². The summed E-state index contributed by atoms with van der Waals surface area (Å²) in [6.07, 6.45) is 1.36. The summed E-state index contributed by atoms with van der Waals surface area (Å²) in [5, 5.41) is 8.92. The highest BCUT2D eigenvalue weighted by molar-refractivity contribution is 5.83. The third-order valence-corrected chi connectivity index (χ3v) is 4.04. The van der Waals surface area contributed by atoms with Crippen molar-refractivity contribution in [2.75, 3.05) is 13.1 Å². The number of ether oxygens (including phenoxy) is 1. The number of carbonyl (C=O) groups excluding carboxylic acids is 2. The van der Waals surface area contributed by atoms with Crippen LogP contribution in [0.2, 0.25) is 0 Å². The molecule has 1 saturated heterocycles. The number of Topliss-reactive ketones (excluding diaryl/α,β-unsaturated/α-hetero) is 1. The molecule has 2 rings (SSSR count). The van der Waals surface area contributed by atoms with Gasteiger partial charge in [0.05, 0.1) is 11.6 Å². The number of amides is 1. The first-order chi connectivity index (χ1) is 11.3. The van der Waals surface area contributed by atoms with E-state index in [1.54, 1.807) is 23.1 Å². The molecule has 0 spiro atoms. The summed E-state index contributed by atoms with van der Waals surface area (Å²) >= 11 is 0. The Labute approximate surface area is 143 Å². The predicted octanol–water partition coefficient (Wildman–Crippen LogP) is 3.32. The van der Waals surface area contributed by atoms with Crippen LogP contribution in [0.25, 0.3) is 0 Å². The SMILES string of the molecule is CC(C)(C)OC(=O)N1CCC(C(=O)Cc2cccc(C#N)c2)CC1. The van der Waals surface area contributed by atoms with Gasteiger partial charge in [-0.25, -0.2) is 4.79 Å². The molecule has 0 atom stereocenters.